The first-order chi connectivity index (χ1) is 17.4. The standard InChI is InChI=1S/C29H31NO6/c1-18-6-7-22(14-19(18)2)28(31)30-13-12-21-15-26(33-3)27(34-4)16-24(21)25(30)17-36-23-10-8-20(9-11-23)29(32)35-5/h6-11,14-16,25H,12-13,17H2,1-5H3/t25-/m1/s1. The molecular formula is C29H31NO6. The van der Waals surface area contributed by atoms with Crippen LogP contribution in [0.25, 0.3) is 0 Å². The maximum Gasteiger partial charge on any atom is 0.337 e. The van der Waals surface area contributed by atoms with Crippen molar-refractivity contribution >= 4 is 11.9 Å². The summed E-state index contributed by atoms with van der Waals surface area (Å²) in [6, 6.07) is 16.1. The summed E-state index contributed by atoms with van der Waals surface area (Å²) in [6.45, 7) is 4.82. The molecule has 1 atom stereocenters. The molecule has 1 heterocycles. The van der Waals surface area contributed by atoms with Gasteiger partial charge in [0.05, 0.1) is 32.9 Å². The van der Waals surface area contributed by atoms with E-state index in [0.29, 0.717) is 41.3 Å². The molecule has 7 heteroatoms. The third kappa shape index (κ3) is 5.00. The van der Waals surface area contributed by atoms with E-state index in [-0.39, 0.29) is 18.6 Å². The first-order valence-corrected chi connectivity index (χ1v) is 11.8. The average molecular weight is 490 g/mol. The van der Waals surface area contributed by atoms with Gasteiger partial charge >= 0.3 is 5.97 Å². The summed E-state index contributed by atoms with van der Waals surface area (Å²) < 4.78 is 22.0. The Bertz CT molecular complexity index is 1270. The lowest BCUT2D eigenvalue weighted by Gasteiger charge is -2.37. The van der Waals surface area contributed by atoms with E-state index in [0.717, 1.165) is 22.3 Å². The van der Waals surface area contributed by atoms with Gasteiger partial charge in [-0.05, 0) is 91.1 Å². The quantitative estimate of drug-likeness (QED) is 0.439. The van der Waals surface area contributed by atoms with Gasteiger partial charge in [-0.25, -0.2) is 4.79 Å². The molecule has 1 aliphatic rings. The zero-order chi connectivity index (χ0) is 25.8. The molecule has 1 amide bonds. The van der Waals surface area contributed by atoms with E-state index in [9.17, 15) is 9.59 Å². The molecule has 7 nitrogen and oxygen atoms in total. The fourth-order valence-electron chi connectivity index (χ4n) is 4.47. The number of esters is 1. The molecule has 0 aliphatic carbocycles. The molecule has 0 aromatic heterocycles. The Hall–Kier alpha value is -4.00. The number of aryl methyl sites for hydroxylation is 2. The van der Waals surface area contributed by atoms with E-state index >= 15 is 0 Å². The number of amides is 1. The molecule has 3 aromatic carbocycles. The maximum atomic E-state index is 13.7. The van der Waals surface area contributed by atoms with Crippen LogP contribution in [0.2, 0.25) is 0 Å². The van der Waals surface area contributed by atoms with Crippen LogP contribution < -0.4 is 14.2 Å². The van der Waals surface area contributed by atoms with E-state index in [1.54, 1.807) is 38.5 Å². The van der Waals surface area contributed by atoms with Crippen LogP contribution in [0, 0.1) is 13.8 Å². The van der Waals surface area contributed by atoms with Crippen LogP contribution in [0.3, 0.4) is 0 Å². The number of rotatable bonds is 7. The van der Waals surface area contributed by atoms with Crippen molar-refractivity contribution in [1.29, 1.82) is 0 Å². The topological polar surface area (TPSA) is 74.3 Å². The van der Waals surface area contributed by atoms with Gasteiger partial charge < -0.3 is 23.8 Å². The monoisotopic (exact) mass is 489 g/mol. The van der Waals surface area contributed by atoms with Crippen molar-refractivity contribution < 1.29 is 28.5 Å². The van der Waals surface area contributed by atoms with Crippen molar-refractivity contribution in [1.82, 2.24) is 4.90 Å². The average Bonchev–Trinajstić information content (AvgIpc) is 2.91. The van der Waals surface area contributed by atoms with Crippen molar-refractivity contribution in [2.24, 2.45) is 0 Å². The van der Waals surface area contributed by atoms with E-state index in [2.05, 4.69) is 0 Å². The molecule has 0 bridgehead atoms. The van der Waals surface area contributed by atoms with Gasteiger partial charge in [0.15, 0.2) is 11.5 Å². The number of methoxy groups -OCH3 is 3. The van der Waals surface area contributed by atoms with E-state index in [1.807, 2.05) is 49.1 Å². The van der Waals surface area contributed by atoms with Crippen molar-refractivity contribution in [3.05, 3.63) is 88.0 Å². The number of benzene rings is 3. The normalized spacial score (nSPS) is 14.6. The van der Waals surface area contributed by atoms with Crippen molar-refractivity contribution in [3.8, 4) is 17.2 Å². The lowest BCUT2D eigenvalue weighted by Crippen LogP contribution is -2.42. The maximum absolute atomic E-state index is 13.7. The second-order valence-electron chi connectivity index (χ2n) is 8.80. The van der Waals surface area contributed by atoms with Gasteiger partial charge in [-0.2, -0.15) is 0 Å². The highest BCUT2D eigenvalue weighted by molar-refractivity contribution is 5.95. The molecule has 0 saturated carbocycles. The Kier molecular flexibility index (Phi) is 7.48. The van der Waals surface area contributed by atoms with Crippen LogP contribution in [-0.4, -0.2) is 51.3 Å². The third-order valence-corrected chi connectivity index (χ3v) is 6.70. The number of fused-ring (bicyclic) bond motifs is 1. The first-order valence-electron chi connectivity index (χ1n) is 11.8. The highest BCUT2D eigenvalue weighted by atomic mass is 16.5. The molecule has 3 aromatic rings. The van der Waals surface area contributed by atoms with Gasteiger partial charge in [0.25, 0.3) is 5.91 Å². The minimum atomic E-state index is -0.408. The Morgan fingerprint density at radius 1 is 0.861 bits per heavy atom. The number of hydrogen-bond donors (Lipinski definition) is 0. The molecule has 36 heavy (non-hydrogen) atoms. The predicted molar refractivity (Wildman–Crippen MR) is 136 cm³/mol. The SMILES string of the molecule is COC(=O)c1ccc(OC[C@@H]2c3cc(OC)c(OC)cc3CCN2C(=O)c2ccc(C)c(C)c2)cc1. The number of ether oxygens (including phenoxy) is 4. The summed E-state index contributed by atoms with van der Waals surface area (Å²) in [6.07, 6.45) is 0.691. The van der Waals surface area contributed by atoms with Crippen LogP contribution in [0.4, 0.5) is 0 Å². The summed E-state index contributed by atoms with van der Waals surface area (Å²) in [5.41, 5.74) is 5.35. The molecule has 0 spiro atoms. The van der Waals surface area contributed by atoms with E-state index < -0.39 is 5.97 Å². The molecule has 188 valence electrons. The van der Waals surface area contributed by atoms with Crippen molar-refractivity contribution in [2.45, 2.75) is 26.3 Å². The predicted octanol–water partition coefficient (Wildman–Crippen LogP) is 4.93. The van der Waals surface area contributed by atoms with E-state index in [1.165, 1.54) is 7.11 Å². The van der Waals surface area contributed by atoms with Gasteiger partial charge in [0.1, 0.15) is 12.4 Å². The number of carbonyl (C=O) groups excluding carboxylic acids is 2. The van der Waals surface area contributed by atoms with Crippen LogP contribution >= 0.6 is 0 Å². The minimum absolute atomic E-state index is 0.0480. The summed E-state index contributed by atoms with van der Waals surface area (Å²) in [7, 11) is 4.55. The molecule has 0 saturated heterocycles. The Morgan fingerprint density at radius 3 is 2.17 bits per heavy atom. The summed E-state index contributed by atoms with van der Waals surface area (Å²) in [5.74, 6) is 1.39. The second-order valence-corrected chi connectivity index (χ2v) is 8.80. The molecule has 0 fully saturated rings. The Labute approximate surface area is 211 Å². The largest absolute Gasteiger partial charge is 0.493 e. The Balaban J connectivity index is 1.67. The number of nitrogens with zero attached hydrogens (tertiary/aromatic N) is 1. The van der Waals surface area contributed by atoms with Crippen LogP contribution in [-0.2, 0) is 11.2 Å². The van der Waals surface area contributed by atoms with Gasteiger partial charge in [-0.15, -0.1) is 0 Å². The first kappa shape index (κ1) is 25.1. The van der Waals surface area contributed by atoms with Crippen LogP contribution in [0.5, 0.6) is 17.2 Å². The van der Waals surface area contributed by atoms with Crippen molar-refractivity contribution in [2.75, 3.05) is 34.5 Å². The third-order valence-electron chi connectivity index (χ3n) is 6.70. The fraction of sp³-hybridized carbons (Fsp3) is 0.310. The highest BCUT2D eigenvalue weighted by Gasteiger charge is 2.33. The van der Waals surface area contributed by atoms with Gasteiger partial charge in [0, 0.05) is 12.1 Å². The summed E-state index contributed by atoms with van der Waals surface area (Å²) in [4.78, 5) is 27.3. The zero-order valence-electron chi connectivity index (χ0n) is 21.3. The van der Waals surface area contributed by atoms with Gasteiger partial charge in [-0.1, -0.05) is 6.07 Å². The van der Waals surface area contributed by atoms with Crippen molar-refractivity contribution in [3.63, 3.8) is 0 Å². The fourth-order valence-corrected chi connectivity index (χ4v) is 4.47. The second kappa shape index (κ2) is 10.7. The minimum Gasteiger partial charge on any atom is -0.493 e. The smallest absolute Gasteiger partial charge is 0.337 e. The molecule has 4 rings (SSSR count). The summed E-state index contributed by atoms with van der Waals surface area (Å²) in [5, 5.41) is 0. The van der Waals surface area contributed by atoms with Gasteiger partial charge in [-0.3, -0.25) is 4.79 Å². The highest BCUT2D eigenvalue weighted by Crippen LogP contribution is 2.39. The van der Waals surface area contributed by atoms with Gasteiger partial charge in [0.2, 0.25) is 0 Å². The number of carbonyl (C=O) groups is 2. The molecule has 1 aliphatic heterocycles. The molecule has 0 unspecified atom stereocenters. The molecule has 0 N–H and O–H groups in total. The lowest BCUT2D eigenvalue weighted by molar-refractivity contribution is 0.0582. The molecule has 0 radical (unpaired) electrons. The van der Waals surface area contributed by atoms with Crippen LogP contribution in [0.15, 0.2) is 54.6 Å². The lowest BCUT2D eigenvalue weighted by atomic mass is 9.91. The zero-order valence-corrected chi connectivity index (χ0v) is 21.3. The summed E-state index contributed by atoms with van der Waals surface area (Å²) >= 11 is 0. The molecular weight excluding hydrogens is 458 g/mol. The number of hydrogen-bond acceptors (Lipinski definition) is 6. The van der Waals surface area contributed by atoms with Crippen LogP contribution in [0.1, 0.15) is 49.0 Å². The van der Waals surface area contributed by atoms with E-state index in [4.69, 9.17) is 18.9 Å². The Morgan fingerprint density at radius 2 is 1.53 bits per heavy atom.